The summed E-state index contributed by atoms with van der Waals surface area (Å²) >= 11 is 0. The lowest BCUT2D eigenvalue weighted by atomic mass is 10.1. The van der Waals surface area contributed by atoms with Gasteiger partial charge in [0, 0.05) is 19.1 Å². The summed E-state index contributed by atoms with van der Waals surface area (Å²) in [4.78, 5) is 15.9. The summed E-state index contributed by atoms with van der Waals surface area (Å²) in [5.74, 6) is -0.930. The molecule has 2 aliphatic rings. The van der Waals surface area contributed by atoms with Gasteiger partial charge in [0.25, 0.3) is 0 Å². The van der Waals surface area contributed by atoms with Crippen LogP contribution in [0.1, 0.15) is 36.0 Å². The van der Waals surface area contributed by atoms with E-state index in [1.807, 2.05) is 6.07 Å². The maximum absolute atomic E-state index is 11.0. The van der Waals surface area contributed by atoms with E-state index in [-0.39, 0.29) is 5.56 Å². The number of likely N-dealkylation sites (tertiary alicyclic amines) is 1. The molecule has 2 aliphatic heterocycles. The molecule has 2 fully saturated rings. The summed E-state index contributed by atoms with van der Waals surface area (Å²) in [6.45, 7) is 4.42. The molecule has 0 spiro atoms. The Kier molecular flexibility index (Phi) is 4.01. The molecule has 0 radical (unpaired) electrons. The topological polar surface area (TPSA) is 69.8 Å². The molecule has 114 valence electrons. The summed E-state index contributed by atoms with van der Waals surface area (Å²) in [5, 5.41) is 9.00. The first kappa shape index (κ1) is 14.2. The second kappa shape index (κ2) is 5.93. The molecule has 1 aromatic carbocycles. The van der Waals surface area contributed by atoms with E-state index in [1.165, 1.54) is 38.8 Å². The van der Waals surface area contributed by atoms with Gasteiger partial charge in [-0.2, -0.15) is 0 Å². The zero-order valence-electron chi connectivity index (χ0n) is 12.3. The molecule has 5 heteroatoms. The molecule has 3 N–H and O–H groups in total. The number of aromatic carboxylic acids is 1. The first-order chi connectivity index (χ1) is 10.1. The monoisotopic (exact) mass is 289 g/mol. The number of nitrogens with zero attached hydrogens (tertiary/aromatic N) is 2. The van der Waals surface area contributed by atoms with Gasteiger partial charge in [0.2, 0.25) is 0 Å². The van der Waals surface area contributed by atoms with Crippen molar-refractivity contribution in [2.24, 2.45) is 0 Å². The Labute approximate surface area is 125 Å². The molecule has 2 heterocycles. The van der Waals surface area contributed by atoms with Crippen molar-refractivity contribution in [3.05, 3.63) is 23.8 Å². The van der Waals surface area contributed by atoms with Gasteiger partial charge in [-0.3, -0.25) is 4.90 Å². The maximum atomic E-state index is 11.0. The van der Waals surface area contributed by atoms with Crippen molar-refractivity contribution in [2.45, 2.75) is 31.7 Å². The fourth-order valence-electron chi connectivity index (χ4n) is 3.52. The Hall–Kier alpha value is -1.75. The largest absolute Gasteiger partial charge is 0.478 e. The van der Waals surface area contributed by atoms with Crippen molar-refractivity contribution in [3.63, 3.8) is 0 Å². The lowest BCUT2D eigenvalue weighted by Gasteiger charge is -2.32. The van der Waals surface area contributed by atoms with E-state index in [9.17, 15) is 4.79 Å². The third-order valence-corrected chi connectivity index (χ3v) is 4.69. The highest BCUT2D eigenvalue weighted by molar-refractivity contribution is 5.90. The average Bonchev–Trinajstić information content (AvgIpc) is 2.97. The number of nitrogen functional groups attached to an aromatic ring is 1. The highest BCUT2D eigenvalue weighted by atomic mass is 16.4. The van der Waals surface area contributed by atoms with Gasteiger partial charge in [-0.15, -0.1) is 0 Å². The minimum atomic E-state index is -0.930. The molecule has 0 saturated carbocycles. The van der Waals surface area contributed by atoms with Crippen LogP contribution in [0.25, 0.3) is 0 Å². The van der Waals surface area contributed by atoms with Crippen molar-refractivity contribution >= 4 is 17.3 Å². The van der Waals surface area contributed by atoms with Crippen LogP contribution in [-0.2, 0) is 0 Å². The number of carboxylic acid groups (broad SMARTS) is 1. The van der Waals surface area contributed by atoms with Crippen molar-refractivity contribution in [1.82, 2.24) is 4.90 Å². The molecule has 0 aromatic heterocycles. The number of piperidine rings is 1. The molecule has 1 aromatic rings. The Morgan fingerprint density at radius 1 is 1.19 bits per heavy atom. The second-order valence-electron chi connectivity index (χ2n) is 6.06. The zero-order valence-corrected chi connectivity index (χ0v) is 12.3. The molecule has 5 nitrogen and oxygen atoms in total. The molecule has 21 heavy (non-hydrogen) atoms. The van der Waals surface area contributed by atoms with Gasteiger partial charge >= 0.3 is 5.97 Å². The van der Waals surface area contributed by atoms with Crippen molar-refractivity contribution in [1.29, 1.82) is 0 Å². The number of carbonyl (C=O) groups is 1. The molecule has 1 atom stereocenters. The fourth-order valence-corrected chi connectivity index (χ4v) is 3.52. The molecule has 0 bridgehead atoms. The highest BCUT2D eigenvalue weighted by Gasteiger charge is 2.29. The number of hydrogen-bond donors (Lipinski definition) is 2. The maximum Gasteiger partial charge on any atom is 0.335 e. The Bertz CT molecular complexity index is 526. The predicted molar refractivity (Wildman–Crippen MR) is 83.9 cm³/mol. The average molecular weight is 289 g/mol. The van der Waals surface area contributed by atoms with Crippen molar-refractivity contribution < 1.29 is 9.90 Å². The molecule has 0 amide bonds. The van der Waals surface area contributed by atoms with Crippen LogP contribution in [0.2, 0.25) is 0 Å². The molecular weight excluding hydrogens is 266 g/mol. The van der Waals surface area contributed by atoms with Gasteiger partial charge in [-0.05, 0) is 50.6 Å². The van der Waals surface area contributed by atoms with Crippen LogP contribution >= 0.6 is 0 Å². The minimum Gasteiger partial charge on any atom is -0.478 e. The van der Waals surface area contributed by atoms with Gasteiger partial charge in [0.1, 0.15) is 0 Å². The van der Waals surface area contributed by atoms with Crippen LogP contribution in [-0.4, -0.2) is 48.2 Å². The van der Waals surface area contributed by atoms with Crippen LogP contribution in [0, 0.1) is 0 Å². The predicted octanol–water partition coefficient (Wildman–Crippen LogP) is 2.03. The summed E-state index contributed by atoms with van der Waals surface area (Å²) in [5.41, 5.74) is 7.83. The van der Waals surface area contributed by atoms with Crippen LogP contribution in [0.3, 0.4) is 0 Å². The van der Waals surface area contributed by atoms with Crippen LogP contribution in [0.5, 0.6) is 0 Å². The number of benzene rings is 1. The summed E-state index contributed by atoms with van der Waals surface area (Å²) in [6.07, 6.45) is 5.15. The quantitative estimate of drug-likeness (QED) is 0.833. The van der Waals surface area contributed by atoms with E-state index < -0.39 is 5.97 Å². The smallest absolute Gasteiger partial charge is 0.335 e. The number of rotatable bonds is 3. The lowest BCUT2D eigenvalue weighted by Crippen LogP contribution is -2.40. The number of hydrogen-bond acceptors (Lipinski definition) is 4. The van der Waals surface area contributed by atoms with E-state index in [0.717, 1.165) is 18.8 Å². The summed E-state index contributed by atoms with van der Waals surface area (Å²) < 4.78 is 0. The molecule has 0 aliphatic carbocycles. The Morgan fingerprint density at radius 2 is 1.95 bits per heavy atom. The third-order valence-electron chi connectivity index (χ3n) is 4.69. The third kappa shape index (κ3) is 2.97. The Morgan fingerprint density at radius 3 is 2.62 bits per heavy atom. The van der Waals surface area contributed by atoms with Gasteiger partial charge in [-0.1, -0.05) is 6.42 Å². The van der Waals surface area contributed by atoms with Gasteiger partial charge in [0.15, 0.2) is 0 Å². The Balaban J connectivity index is 1.69. The first-order valence-corrected chi connectivity index (χ1v) is 7.77. The van der Waals surface area contributed by atoms with Gasteiger partial charge in [-0.25, -0.2) is 4.79 Å². The van der Waals surface area contributed by atoms with Crippen LogP contribution < -0.4 is 10.6 Å². The normalized spacial score (nSPS) is 23.4. The number of anilines is 2. The summed E-state index contributed by atoms with van der Waals surface area (Å²) in [7, 11) is 0. The SMILES string of the molecule is Nc1cc(C(=O)O)ccc1N1CCC(N2CCCCC2)C1. The van der Waals surface area contributed by atoms with Gasteiger partial charge < -0.3 is 15.7 Å². The first-order valence-electron chi connectivity index (χ1n) is 7.77. The van der Waals surface area contributed by atoms with E-state index in [4.69, 9.17) is 10.8 Å². The second-order valence-corrected chi connectivity index (χ2v) is 6.06. The number of nitrogens with two attached hydrogens (primary N) is 1. The molecular formula is C16H23N3O2. The van der Waals surface area contributed by atoms with Crippen LogP contribution in [0.15, 0.2) is 18.2 Å². The highest BCUT2D eigenvalue weighted by Crippen LogP contribution is 2.30. The molecule has 1 unspecified atom stereocenters. The van der Waals surface area contributed by atoms with E-state index in [1.54, 1.807) is 12.1 Å². The van der Waals surface area contributed by atoms with Crippen LogP contribution in [0.4, 0.5) is 11.4 Å². The van der Waals surface area contributed by atoms with E-state index in [0.29, 0.717) is 11.7 Å². The number of carboxylic acids is 1. The standard InChI is InChI=1S/C16H23N3O2/c17-14-10-12(16(20)21)4-5-15(14)19-9-6-13(11-19)18-7-2-1-3-8-18/h4-5,10,13H,1-3,6-9,11,17H2,(H,20,21). The zero-order chi connectivity index (χ0) is 14.8. The van der Waals surface area contributed by atoms with Crippen molar-refractivity contribution in [2.75, 3.05) is 36.8 Å². The lowest BCUT2D eigenvalue weighted by molar-refractivity contribution is 0.0697. The van der Waals surface area contributed by atoms with Crippen molar-refractivity contribution in [3.8, 4) is 0 Å². The summed E-state index contributed by atoms with van der Waals surface area (Å²) in [6, 6.07) is 5.66. The molecule has 3 rings (SSSR count). The fraction of sp³-hybridized carbons (Fsp3) is 0.562. The molecule has 2 saturated heterocycles. The van der Waals surface area contributed by atoms with Gasteiger partial charge in [0.05, 0.1) is 16.9 Å². The van der Waals surface area contributed by atoms with E-state index >= 15 is 0 Å². The van der Waals surface area contributed by atoms with E-state index in [2.05, 4.69) is 9.80 Å². The minimum absolute atomic E-state index is 0.253.